The second kappa shape index (κ2) is 4.38. The molecule has 0 aromatic carbocycles. The minimum atomic E-state index is 0.0350. The van der Waals surface area contributed by atoms with Crippen molar-refractivity contribution in [2.24, 2.45) is 17.8 Å². The average Bonchev–Trinajstić information content (AvgIpc) is 2.78. The summed E-state index contributed by atoms with van der Waals surface area (Å²) in [6.07, 6.45) is 8.77. The molecule has 0 N–H and O–H groups in total. The standard InChI is InChI=1S/C13H20O2/c1-3-4-9(2)15-13(14)12-8-10-5-6-11(12)7-10/h5-6,9-12H,3-4,7-8H2,1-2H3. The number of fused-ring (bicyclic) bond motifs is 2. The van der Waals surface area contributed by atoms with E-state index < -0.39 is 0 Å². The maximum Gasteiger partial charge on any atom is 0.309 e. The third kappa shape index (κ3) is 2.24. The molecule has 84 valence electrons. The van der Waals surface area contributed by atoms with Crippen LogP contribution in [0.2, 0.25) is 0 Å². The van der Waals surface area contributed by atoms with Crippen molar-refractivity contribution in [1.29, 1.82) is 0 Å². The van der Waals surface area contributed by atoms with Crippen LogP contribution in [0.4, 0.5) is 0 Å². The van der Waals surface area contributed by atoms with Crippen molar-refractivity contribution in [1.82, 2.24) is 0 Å². The summed E-state index contributed by atoms with van der Waals surface area (Å²) in [5.41, 5.74) is 0. The summed E-state index contributed by atoms with van der Waals surface area (Å²) < 4.78 is 5.45. The summed E-state index contributed by atoms with van der Waals surface area (Å²) in [5, 5.41) is 0. The zero-order valence-electron chi connectivity index (χ0n) is 9.61. The van der Waals surface area contributed by atoms with Gasteiger partial charge < -0.3 is 4.74 Å². The second-order valence-corrected chi connectivity index (χ2v) is 4.92. The van der Waals surface area contributed by atoms with Gasteiger partial charge in [0.2, 0.25) is 0 Å². The molecule has 0 saturated heterocycles. The van der Waals surface area contributed by atoms with Gasteiger partial charge in [-0.3, -0.25) is 4.79 Å². The SMILES string of the molecule is CCCC(C)OC(=O)C1CC2C=CC1C2. The summed E-state index contributed by atoms with van der Waals surface area (Å²) >= 11 is 0. The molecule has 1 fully saturated rings. The molecule has 0 spiro atoms. The lowest BCUT2D eigenvalue weighted by molar-refractivity contribution is -0.154. The smallest absolute Gasteiger partial charge is 0.309 e. The summed E-state index contributed by atoms with van der Waals surface area (Å²) in [7, 11) is 0. The van der Waals surface area contributed by atoms with E-state index in [2.05, 4.69) is 19.1 Å². The van der Waals surface area contributed by atoms with Gasteiger partial charge in [-0.2, -0.15) is 0 Å². The van der Waals surface area contributed by atoms with Gasteiger partial charge in [0, 0.05) is 0 Å². The maximum absolute atomic E-state index is 11.9. The molecule has 4 unspecified atom stereocenters. The number of allylic oxidation sites excluding steroid dienone is 2. The molecule has 0 aromatic rings. The number of carbonyl (C=O) groups is 1. The number of esters is 1. The van der Waals surface area contributed by atoms with Crippen molar-refractivity contribution in [2.75, 3.05) is 0 Å². The molecular weight excluding hydrogens is 188 g/mol. The first-order valence-electron chi connectivity index (χ1n) is 6.09. The Labute approximate surface area is 91.7 Å². The lowest BCUT2D eigenvalue weighted by Crippen LogP contribution is -2.25. The Hall–Kier alpha value is -0.790. The normalized spacial score (nSPS) is 34.4. The van der Waals surface area contributed by atoms with Crippen LogP contribution in [0.5, 0.6) is 0 Å². The topological polar surface area (TPSA) is 26.3 Å². The first-order valence-corrected chi connectivity index (χ1v) is 6.09. The van der Waals surface area contributed by atoms with Crippen LogP contribution >= 0.6 is 0 Å². The quantitative estimate of drug-likeness (QED) is 0.524. The van der Waals surface area contributed by atoms with E-state index in [0.717, 1.165) is 19.3 Å². The van der Waals surface area contributed by atoms with Gasteiger partial charge in [-0.05, 0) is 38.0 Å². The first-order chi connectivity index (χ1) is 7.20. The van der Waals surface area contributed by atoms with Crippen LogP contribution in [0, 0.1) is 17.8 Å². The third-order valence-corrected chi connectivity index (χ3v) is 3.59. The number of rotatable bonds is 4. The van der Waals surface area contributed by atoms with E-state index in [1.165, 1.54) is 6.42 Å². The summed E-state index contributed by atoms with van der Waals surface area (Å²) in [5.74, 6) is 1.30. The van der Waals surface area contributed by atoms with Crippen LogP contribution < -0.4 is 0 Å². The molecule has 2 aliphatic carbocycles. The molecule has 0 aromatic heterocycles. The highest BCUT2D eigenvalue weighted by Crippen LogP contribution is 2.44. The molecule has 2 nitrogen and oxygen atoms in total. The van der Waals surface area contributed by atoms with Gasteiger partial charge in [0.25, 0.3) is 0 Å². The molecule has 2 rings (SSSR count). The van der Waals surface area contributed by atoms with Crippen LogP contribution in [0.3, 0.4) is 0 Å². The van der Waals surface area contributed by atoms with Gasteiger partial charge in [-0.25, -0.2) is 0 Å². The average molecular weight is 208 g/mol. The Morgan fingerprint density at radius 3 is 2.80 bits per heavy atom. The van der Waals surface area contributed by atoms with Crippen molar-refractivity contribution in [3.05, 3.63) is 12.2 Å². The molecule has 2 heteroatoms. The number of carbonyl (C=O) groups excluding carboxylic acids is 1. The highest BCUT2D eigenvalue weighted by molar-refractivity contribution is 5.74. The van der Waals surface area contributed by atoms with E-state index in [-0.39, 0.29) is 18.0 Å². The van der Waals surface area contributed by atoms with Crippen LogP contribution in [-0.4, -0.2) is 12.1 Å². The Morgan fingerprint density at radius 2 is 2.27 bits per heavy atom. The van der Waals surface area contributed by atoms with Crippen LogP contribution in [0.15, 0.2) is 12.2 Å². The zero-order chi connectivity index (χ0) is 10.8. The molecular formula is C13H20O2. The summed E-state index contributed by atoms with van der Waals surface area (Å²) in [6.45, 7) is 4.11. The molecule has 0 aliphatic heterocycles. The van der Waals surface area contributed by atoms with Crippen molar-refractivity contribution in [3.63, 3.8) is 0 Å². The van der Waals surface area contributed by atoms with Gasteiger partial charge in [0.1, 0.15) is 0 Å². The van der Waals surface area contributed by atoms with Crippen molar-refractivity contribution in [3.8, 4) is 0 Å². The lowest BCUT2D eigenvalue weighted by atomic mass is 9.94. The Kier molecular flexibility index (Phi) is 3.13. The number of hydrogen-bond acceptors (Lipinski definition) is 2. The first kappa shape index (κ1) is 10.7. The number of ether oxygens (including phenoxy) is 1. The van der Waals surface area contributed by atoms with Crippen molar-refractivity contribution < 1.29 is 9.53 Å². The predicted molar refractivity (Wildman–Crippen MR) is 59.3 cm³/mol. The molecule has 15 heavy (non-hydrogen) atoms. The highest BCUT2D eigenvalue weighted by atomic mass is 16.5. The van der Waals surface area contributed by atoms with Crippen molar-refractivity contribution >= 4 is 5.97 Å². The fraction of sp³-hybridized carbons (Fsp3) is 0.769. The molecule has 1 saturated carbocycles. The lowest BCUT2D eigenvalue weighted by Gasteiger charge is -2.19. The van der Waals surface area contributed by atoms with E-state index in [4.69, 9.17) is 4.74 Å². The van der Waals surface area contributed by atoms with Gasteiger partial charge in [-0.1, -0.05) is 25.5 Å². The minimum Gasteiger partial charge on any atom is -0.462 e. The van der Waals surface area contributed by atoms with Gasteiger partial charge in [0.05, 0.1) is 12.0 Å². The Morgan fingerprint density at radius 1 is 1.47 bits per heavy atom. The predicted octanol–water partition coefficient (Wildman–Crippen LogP) is 2.93. The highest BCUT2D eigenvalue weighted by Gasteiger charge is 2.40. The van der Waals surface area contributed by atoms with Gasteiger partial charge in [0.15, 0.2) is 0 Å². The Balaban J connectivity index is 1.84. The minimum absolute atomic E-state index is 0.0350. The van der Waals surface area contributed by atoms with Gasteiger partial charge in [-0.15, -0.1) is 0 Å². The monoisotopic (exact) mass is 208 g/mol. The number of hydrogen-bond donors (Lipinski definition) is 0. The second-order valence-electron chi connectivity index (χ2n) is 4.92. The largest absolute Gasteiger partial charge is 0.462 e. The van der Waals surface area contributed by atoms with Gasteiger partial charge >= 0.3 is 5.97 Å². The molecule has 0 heterocycles. The van der Waals surface area contributed by atoms with Crippen molar-refractivity contribution in [2.45, 2.75) is 45.6 Å². The van der Waals surface area contributed by atoms with Crippen LogP contribution in [0.1, 0.15) is 39.5 Å². The fourth-order valence-corrected chi connectivity index (χ4v) is 2.80. The molecule has 0 radical (unpaired) electrons. The summed E-state index contributed by atoms with van der Waals surface area (Å²) in [4.78, 5) is 11.9. The van der Waals surface area contributed by atoms with E-state index in [1.54, 1.807) is 0 Å². The van der Waals surface area contributed by atoms with E-state index in [9.17, 15) is 4.79 Å². The van der Waals surface area contributed by atoms with E-state index >= 15 is 0 Å². The Bertz CT molecular complexity index is 270. The molecule has 4 atom stereocenters. The fourth-order valence-electron chi connectivity index (χ4n) is 2.80. The van der Waals surface area contributed by atoms with E-state index in [1.807, 2.05) is 6.92 Å². The molecule has 0 amide bonds. The van der Waals surface area contributed by atoms with Crippen LogP contribution in [0.25, 0.3) is 0 Å². The molecule has 2 bridgehead atoms. The van der Waals surface area contributed by atoms with E-state index in [0.29, 0.717) is 11.8 Å². The zero-order valence-corrected chi connectivity index (χ0v) is 9.61. The summed E-state index contributed by atoms with van der Waals surface area (Å²) in [6, 6.07) is 0. The molecule has 2 aliphatic rings. The third-order valence-electron chi connectivity index (χ3n) is 3.59. The van der Waals surface area contributed by atoms with Crippen LogP contribution in [-0.2, 0) is 9.53 Å². The maximum atomic E-state index is 11.9.